The summed E-state index contributed by atoms with van der Waals surface area (Å²) in [6.07, 6.45) is -3.54. The fraction of sp³-hybridized carbons (Fsp3) is 0.167. The number of nitrogens with two attached hydrogens (primary N) is 1. The van der Waals surface area contributed by atoms with Crippen LogP contribution in [0.1, 0.15) is 23.1 Å². The van der Waals surface area contributed by atoms with Gasteiger partial charge in [0.2, 0.25) is 0 Å². The molecule has 0 aromatic carbocycles. The number of carbonyl (C=O) groups excluding carboxylic acids is 2. The number of allylic oxidation sites excluding steroid dienone is 1. The lowest BCUT2D eigenvalue weighted by Gasteiger charge is -2.10. The van der Waals surface area contributed by atoms with E-state index >= 15 is 0 Å². The molecular weight excluding hydrogens is 489 g/mol. The van der Waals surface area contributed by atoms with E-state index in [2.05, 4.69) is 26.4 Å². The van der Waals surface area contributed by atoms with Crippen molar-refractivity contribution in [1.29, 1.82) is 0 Å². The van der Waals surface area contributed by atoms with Gasteiger partial charge in [0, 0.05) is 23.6 Å². The number of rotatable bonds is 6. The summed E-state index contributed by atoms with van der Waals surface area (Å²) in [6.45, 7) is 5.67. The molecule has 1 aliphatic heterocycles. The molecule has 0 radical (unpaired) electrons. The predicted molar refractivity (Wildman–Crippen MR) is 117 cm³/mol. The zero-order valence-corrected chi connectivity index (χ0v) is 18.6. The zero-order chi connectivity index (χ0) is 23.6. The number of carbonyl (C=O) groups is 2. The van der Waals surface area contributed by atoms with Crippen LogP contribution in [-0.2, 0) is 11.0 Å². The summed E-state index contributed by atoms with van der Waals surface area (Å²) in [7, 11) is 0. The van der Waals surface area contributed by atoms with E-state index in [0.29, 0.717) is 21.5 Å². The van der Waals surface area contributed by atoms with Gasteiger partial charge < -0.3 is 11.1 Å². The Balaban J connectivity index is 2.05. The number of hydrogen-bond acceptors (Lipinski definition) is 7. The van der Waals surface area contributed by atoms with Crippen LogP contribution in [0, 0.1) is 0 Å². The second-order valence-electron chi connectivity index (χ2n) is 6.05. The van der Waals surface area contributed by atoms with Gasteiger partial charge in [0.15, 0.2) is 11.5 Å². The Morgan fingerprint density at radius 1 is 1.44 bits per heavy atom. The van der Waals surface area contributed by atoms with Gasteiger partial charge in [0.1, 0.15) is 15.6 Å². The highest BCUT2D eigenvalue weighted by molar-refractivity contribution is 8.19. The number of aromatic nitrogens is 3. The molecule has 2 amide bonds. The van der Waals surface area contributed by atoms with E-state index in [9.17, 15) is 22.8 Å². The first-order chi connectivity index (χ1) is 15.0. The highest BCUT2D eigenvalue weighted by atomic mass is 35.5. The lowest BCUT2D eigenvalue weighted by molar-refractivity contribution is -0.141. The van der Waals surface area contributed by atoms with Crippen molar-refractivity contribution in [2.24, 2.45) is 10.1 Å². The Morgan fingerprint density at radius 2 is 2.16 bits per heavy atom. The maximum Gasteiger partial charge on any atom is 0.435 e. The topological polar surface area (TPSA) is 115 Å². The molecule has 0 spiro atoms. The largest absolute Gasteiger partial charge is 0.435 e. The van der Waals surface area contributed by atoms with E-state index in [4.69, 9.17) is 17.3 Å². The summed E-state index contributed by atoms with van der Waals surface area (Å²) in [4.78, 5) is 28.7. The van der Waals surface area contributed by atoms with Crippen molar-refractivity contribution in [2.45, 2.75) is 13.1 Å². The molecular formula is C18H14ClF3N6O2S2. The fourth-order valence-electron chi connectivity index (χ4n) is 2.51. The molecule has 3 heterocycles. The summed E-state index contributed by atoms with van der Waals surface area (Å²) in [5.74, 6) is -1.39. The summed E-state index contributed by atoms with van der Waals surface area (Å²) < 4.78 is 44.8. The van der Waals surface area contributed by atoms with Gasteiger partial charge in [-0.3, -0.25) is 9.59 Å². The molecule has 2 aromatic rings. The Morgan fingerprint density at radius 3 is 2.75 bits per heavy atom. The first-order valence-corrected chi connectivity index (χ1v) is 10.9. The minimum atomic E-state index is -4.83. The molecule has 0 aliphatic carbocycles. The third-order valence-electron chi connectivity index (χ3n) is 3.90. The normalized spacial score (nSPS) is 15.5. The fourth-order valence-corrected chi connectivity index (χ4v) is 4.17. The number of primary amides is 1. The molecule has 0 saturated carbocycles. The third kappa shape index (κ3) is 4.84. The second-order valence-corrected chi connectivity index (χ2v) is 8.47. The first-order valence-electron chi connectivity index (χ1n) is 8.75. The summed E-state index contributed by atoms with van der Waals surface area (Å²) in [6, 6.07) is 3.41. The maximum atomic E-state index is 13.3. The van der Waals surface area contributed by atoms with Gasteiger partial charge in [0.05, 0.1) is 10.7 Å². The van der Waals surface area contributed by atoms with Crippen LogP contribution in [0.5, 0.6) is 0 Å². The number of halogens is 4. The number of alkyl halides is 3. The van der Waals surface area contributed by atoms with Crippen LogP contribution in [0.3, 0.4) is 0 Å². The smallest absolute Gasteiger partial charge is 0.365 e. The van der Waals surface area contributed by atoms with Gasteiger partial charge >= 0.3 is 6.18 Å². The molecule has 0 bridgehead atoms. The molecule has 3 N–H and O–H groups in total. The number of nitrogens with zero attached hydrogens (tertiary/aromatic N) is 4. The van der Waals surface area contributed by atoms with E-state index in [1.807, 2.05) is 6.92 Å². The van der Waals surface area contributed by atoms with Crippen LogP contribution < -0.4 is 11.1 Å². The molecule has 32 heavy (non-hydrogen) atoms. The van der Waals surface area contributed by atoms with Gasteiger partial charge in [0.25, 0.3) is 11.8 Å². The average Bonchev–Trinajstić information content (AvgIpc) is 3.30. The molecule has 1 aliphatic rings. The van der Waals surface area contributed by atoms with Crippen molar-refractivity contribution >= 4 is 52.2 Å². The minimum absolute atomic E-state index is 0.0257. The molecule has 0 atom stereocenters. The van der Waals surface area contributed by atoms with Gasteiger partial charge in [-0.15, -0.1) is 0 Å². The third-order valence-corrected chi connectivity index (χ3v) is 6.02. The van der Waals surface area contributed by atoms with Crippen molar-refractivity contribution in [3.05, 3.63) is 63.6 Å². The molecule has 168 valence electrons. The van der Waals surface area contributed by atoms with Crippen molar-refractivity contribution in [3.63, 3.8) is 0 Å². The minimum Gasteiger partial charge on any atom is -0.365 e. The van der Waals surface area contributed by atoms with Gasteiger partial charge in [-0.25, -0.2) is 14.1 Å². The molecule has 0 unspecified atom stereocenters. The number of nitrogens with one attached hydrogen (secondary N) is 1. The second kappa shape index (κ2) is 9.38. The Labute approximate surface area is 193 Å². The van der Waals surface area contributed by atoms with Crippen LogP contribution in [-0.4, -0.2) is 37.4 Å². The SMILES string of the molecule is C=C1C(NC(=O)c2cc(C(F)(F)F)nn2-c2ncccc2Cl)=C(C(N)=O)S/C1=N/SCC. The van der Waals surface area contributed by atoms with Crippen molar-refractivity contribution < 1.29 is 22.8 Å². The van der Waals surface area contributed by atoms with Crippen LogP contribution in [0.15, 0.2) is 51.5 Å². The van der Waals surface area contributed by atoms with Crippen molar-refractivity contribution in [2.75, 3.05) is 5.75 Å². The molecule has 3 rings (SSSR count). The monoisotopic (exact) mass is 502 g/mol. The average molecular weight is 503 g/mol. The van der Waals surface area contributed by atoms with E-state index in [0.717, 1.165) is 11.8 Å². The van der Waals surface area contributed by atoms with Crippen LogP contribution in [0.2, 0.25) is 5.02 Å². The Bertz CT molecular complexity index is 1180. The number of thioether (sulfide) groups is 1. The summed E-state index contributed by atoms with van der Waals surface area (Å²) >= 11 is 8.15. The molecule has 14 heteroatoms. The number of hydrogen-bond donors (Lipinski definition) is 2. The molecule has 0 fully saturated rings. The summed E-state index contributed by atoms with van der Waals surface area (Å²) in [5.41, 5.74) is 3.71. The van der Waals surface area contributed by atoms with Crippen LogP contribution in [0.25, 0.3) is 5.82 Å². The van der Waals surface area contributed by atoms with E-state index in [-0.39, 0.29) is 27.0 Å². The standard InChI is InChI=1S/C18H14ClF3N6O2S2/c1-3-31-27-17-8(2)12(13(32-17)14(23)29)25-16(30)10-7-11(18(20,21)22)26-28(10)15-9(19)5-4-6-24-15/h4-7H,2-3H2,1H3,(H2,23,29)(H,25,30)/b27-17+. The lowest BCUT2D eigenvalue weighted by Crippen LogP contribution is -2.28. The van der Waals surface area contributed by atoms with Crippen molar-refractivity contribution in [1.82, 2.24) is 20.1 Å². The highest BCUT2D eigenvalue weighted by Gasteiger charge is 2.37. The predicted octanol–water partition coefficient (Wildman–Crippen LogP) is 3.74. The van der Waals surface area contributed by atoms with Gasteiger partial charge in [-0.1, -0.05) is 36.9 Å². The van der Waals surface area contributed by atoms with Crippen LogP contribution >= 0.6 is 35.3 Å². The van der Waals surface area contributed by atoms with Gasteiger partial charge in [-0.05, 0) is 24.1 Å². The zero-order valence-electron chi connectivity index (χ0n) is 16.2. The van der Waals surface area contributed by atoms with E-state index in [1.54, 1.807) is 0 Å². The van der Waals surface area contributed by atoms with Crippen molar-refractivity contribution in [3.8, 4) is 5.82 Å². The lowest BCUT2D eigenvalue weighted by atomic mass is 10.2. The van der Waals surface area contributed by atoms with E-state index < -0.39 is 29.4 Å². The number of amides is 2. The quantitative estimate of drug-likeness (QED) is 0.581. The Hall–Kier alpha value is -2.77. The molecule has 2 aromatic heterocycles. The maximum absolute atomic E-state index is 13.3. The summed E-state index contributed by atoms with van der Waals surface area (Å²) in [5, 5.41) is 6.19. The van der Waals surface area contributed by atoms with E-state index in [1.165, 1.54) is 30.3 Å². The van der Waals surface area contributed by atoms with Gasteiger partial charge in [-0.2, -0.15) is 18.3 Å². The number of pyridine rings is 1. The Kier molecular flexibility index (Phi) is 7.00. The molecule has 0 saturated heterocycles. The highest BCUT2D eigenvalue weighted by Crippen LogP contribution is 2.37. The molecule has 8 nitrogen and oxygen atoms in total. The van der Waals surface area contributed by atoms with Crippen LogP contribution in [0.4, 0.5) is 13.2 Å². The first kappa shape index (κ1) is 23.9.